The van der Waals surface area contributed by atoms with Crippen LogP contribution in [0.4, 0.5) is 10.5 Å². The molecule has 2 aromatic carbocycles. The Labute approximate surface area is 157 Å². The van der Waals surface area contributed by atoms with E-state index in [2.05, 4.69) is 37.4 Å². The van der Waals surface area contributed by atoms with E-state index < -0.39 is 0 Å². The molecule has 0 aliphatic carbocycles. The number of anilines is 1. The van der Waals surface area contributed by atoms with Crippen LogP contribution in [0.2, 0.25) is 0 Å². The molecule has 0 spiro atoms. The van der Waals surface area contributed by atoms with Gasteiger partial charge in [-0.2, -0.15) is 0 Å². The first-order valence-corrected chi connectivity index (χ1v) is 9.29. The number of nitrogens with zero attached hydrogens (tertiary/aromatic N) is 1. The van der Waals surface area contributed by atoms with Crippen LogP contribution < -0.4 is 5.32 Å². The van der Waals surface area contributed by atoms with Crippen LogP contribution in [0.15, 0.2) is 54.6 Å². The molecule has 0 fully saturated rings. The highest BCUT2D eigenvalue weighted by atomic mass is 16.5. The third-order valence-electron chi connectivity index (χ3n) is 4.33. The van der Waals surface area contributed by atoms with Crippen LogP contribution in [0.1, 0.15) is 43.7 Å². The smallest absolute Gasteiger partial charge is 0.322 e. The van der Waals surface area contributed by atoms with Crippen molar-refractivity contribution in [2.45, 2.75) is 39.2 Å². The molecule has 0 atom stereocenters. The second-order valence-corrected chi connectivity index (χ2v) is 6.82. The third-order valence-corrected chi connectivity index (χ3v) is 4.33. The topological polar surface area (TPSA) is 41.6 Å². The number of hydrogen-bond donors (Lipinski definition) is 1. The van der Waals surface area contributed by atoms with Crippen molar-refractivity contribution >= 4 is 11.7 Å². The van der Waals surface area contributed by atoms with E-state index in [1.807, 2.05) is 41.3 Å². The largest absolute Gasteiger partial charge is 0.385 e. The molecule has 2 amide bonds. The maximum atomic E-state index is 12.8. The second kappa shape index (κ2) is 10.6. The normalized spacial score (nSPS) is 10.8. The Hall–Kier alpha value is -2.33. The molecule has 2 aromatic rings. The molecule has 0 aliphatic rings. The second-order valence-electron chi connectivity index (χ2n) is 6.82. The van der Waals surface area contributed by atoms with Crippen molar-refractivity contribution in [2.24, 2.45) is 0 Å². The molecule has 2 rings (SSSR count). The van der Waals surface area contributed by atoms with Crippen LogP contribution >= 0.6 is 0 Å². The molecule has 0 bridgehead atoms. The number of benzene rings is 2. The first kappa shape index (κ1) is 20.0. The molecular formula is C22H30N2O2. The number of carbonyl (C=O) groups excluding carboxylic acids is 1. The molecule has 0 saturated heterocycles. The quantitative estimate of drug-likeness (QED) is 0.623. The minimum atomic E-state index is -0.0628. The lowest BCUT2D eigenvalue weighted by molar-refractivity contribution is 0.182. The van der Waals surface area contributed by atoms with Gasteiger partial charge in [-0.1, -0.05) is 56.3 Å². The number of urea groups is 1. The summed E-state index contributed by atoms with van der Waals surface area (Å²) in [6.07, 6.45) is 1.86. The number of carbonyl (C=O) groups is 1. The first-order valence-electron chi connectivity index (χ1n) is 9.29. The zero-order chi connectivity index (χ0) is 18.8. The van der Waals surface area contributed by atoms with Gasteiger partial charge in [-0.15, -0.1) is 0 Å². The van der Waals surface area contributed by atoms with E-state index in [9.17, 15) is 4.79 Å². The molecule has 4 heteroatoms. The molecule has 0 saturated carbocycles. The van der Waals surface area contributed by atoms with Gasteiger partial charge in [0.1, 0.15) is 0 Å². The minimum absolute atomic E-state index is 0.0628. The fourth-order valence-electron chi connectivity index (χ4n) is 2.78. The van der Waals surface area contributed by atoms with E-state index in [-0.39, 0.29) is 6.03 Å². The number of unbranched alkanes of at least 4 members (excludes halogenated alkanes) is 1. The summed E-state index contributed by atoms with van der Waals surface area (Å²) in [6.45, 7) is 6.33. The summed E-state index contributed by atoms with van der Waals surface area (Å²) in [4.78, 5) is 14.7. The standard InChI is InChI=1S/C22H30N2O2/c1-18(2)20-12-9-13-21(16-20)23-22(25)24(14-7-8-15-26-3)17-19-10-5-4-6-11-19/h4-6,9-13,16,18H,7-8,14-15,17H2,1-3H3,(H,23,25). The van der Waals surface area contributed by atoms with E-state index in [1.54, 1.807) is 7.11 Å². The molecule has 0 aliphatic heterocycles. The monoisotopic (exact) mass is 354 g/mol. The average molecular weight is 354 g/mol. The summed E-state index contributed by atoms with van der Waals surface area (Å²) in [7, 11) is 1.70. The predicted molar refractivity (Wildman–Crippen MR) is 108 cm³/mol. The van der Waals surface area contributed by atoms with E-state index in [1.165, 1.54) is 5.56 Å². The summed E-state index contributed by atoms with van der Waals surface area (Å²) in [5.74, 6) is 0.432. The molecular weight excluding hydrogens is 324 g/mol. The van der Waals surface area contributed by atoms with E-state index >= 15 is 0 Å². The molecule has 0 unspecified atom stereocenters. The van der Waals surface area contributed by atoms with Crippen molar-refractivity contribution in [3.05, 3.63) is 65.7 Å². The van der Waals surface area contributed by atoms with Gasteiger partial charge in [0.2, 0.25) is 0 Å². The fraction of sp³-hybridized carbons (Fsp3) is 0.409. The number of amides is 2. The number of methoxy groups -OCH3 is 1. The number of nitrogens with one attached hydrogen (secondary N) is 1. The Morgan fingerprint density at radius 1 is 1.08 bits per heavy atom. The van der Waals surface area contributed by atoms with Crippen LogP contribution in [-0.2, 0) is 11.3 Å². The summed E-state index contributed by atoms with van der Waals surface area (Å²) in [5, 5.41) is 3.05. The van der Waals surface area contributed by atoms with Gasteiger partial charge in [0.05, 0.1) is 0 Å². The Morgan fingerprint density at radius 2 is 1.85 bits per heavy atom. The zero-order valence-corrected chi connectivity index (χ0v) is 16.1. The Morgan fingerprint density at radius 3 is 2.54 bits per heavy atom. The number of hydrogen-bond acceptors (Lipinski definition) is 2. The Balaban J connectivity index is 2.04. The van der Waals surface area contributed by atoms with Gasteiger partial charge >= 0.3 is 6.03 Å². The molecule has 0 radical (unpaired) electrons. The summed E-state index contributed by atoms with van der Waals surface area (Å²) in [6, 6.07) is 18.1. The molecule has 4 nitrogen and oxygen atoms in total. The van der Waals surface area contributed by atoms with Crippen molar-refractivity contribution in [2.75, 3.05) is 25.6 Å². The lowest BCUT2D eigenvalue weighted by Gasteiger charge is -2.23. The highest BCUT2D eigenvalue weighted by Gasteiger charge is 2.14. The van der Waals surface area contributed by atoms with Crippen molar-refractivity contribution in [3.8, 4) is 0 Å². The van der Waals surface area contributed by atoms with E-state index in [0.717, 1.165) is 30.7 Å². The van der Waals surface area contributed by atoms with E-state index in [0.29, 0.717) is 19.0 Å². The maximum absolute atomic E-state index is 12.8. The SMILES string of the molecule is COCCCCN(Cc1ccccc1)C(=O)Nc1cccc(C(C)C)c1. The number of rotatable bonds is 9. The highest BCUT2D eigenvalue weighted by molar-refractivity contribution is 5.89. The fourth-order valence-corrected chi connectivity index (χ4v) is 2.78. The zero-order valence-electron chi connectivity index (χ0n) is 16.1. The average Bonchev–Trinajstić information content (AvgIpc) is 2.65. The predicted octanol–water partition coefficient (Wildman–Crippen LogP) is 5.27. The van der Waals surface area contributed by atoms with Gasteiger partial charge in [-0.3, -0.25) is 0 Å². The van der Waals surface area contributed by atoms with Crippen molar-refractivity contribution in [1.82, 2.24) is 4.90 Å². The molecule has 26 heavy (non-hydrogen) atoms. The first-order chi connectivity index (χ1) is 12.6. The van der Waals surface area contributed by atoms with Crippen LogP contribution in [-0.4, -0.2) is 31.2 Å². The van der Waals surface area contributed by atoms with Gasteiger partial charge in [0.25, 0.3) is 0 Å². The lowest BCUT2D eigenvalue weighted by atomic mass is 10.0. The molecule has 0 heterocycles. The van der Waals surface area contributed by atoms with Gasteiger partial charge in [-0.25, -0.2) is 4.79 Å². The molecule has 140 valence electrons. The van der Waals surface area contributed by atoms with Crippen LogP contribution in [0.3, 0.4) is 0 Å². The Bertz CT molecular complexity index is 671. The van der Waals surface area contributed by atoms with Gasteiger partial charge in [0.15, 0.2) is 0 Å². The lowest BCUT2D eigenvalue weighted by Crippen LogP contribution is -2.35. The molecule has 0 aromatic heterocycles. The van der Waals surface area contributed by atoms with Crippen LogP contribution in [0, 0.1) is 0 Å². The van der Waals surface area contributed by atoms with Crippen LogP contribution in [0.5, 0.6) is 0 Å². The van der Waals surface area contributed by atoms with Crippen molar-refractivity contribution < 1.29 is 9.53 Å². The maximum Gasteiger partial charge on any atom is 0.322 e. The van der Waals surface area contributed by atoms with Crippen LogP contribution in [0.25, 0.3) is 0 Å². The van der Waals surface area contributed by atoms with Crippen molar-refractivity contribution in [3.63, 3.8) is 0 Å². The Kier molecular flexibility index (Phi) is 8.16. The summed E-state index contributed by atoms with van der Waals surface area (Å²) < 4.78 is 5.11. The number of ether oxygens (including phenoxy) is 1. The molecule has 1 N–H and O–H groups in total. The minimum Gasteiger partial charge on any atom is -0.385 e. The van der Waals surface area contributed by atoms with Gasteiger partial charge in [-0.05, 0) is 42.0 Å². The van der Waals surface area contributed by atoms with Gasteiger partial charge < -0.3 is 15.0 Å². The van der Waals surface area contributed by atoms with E-state index in [4.69, 9.17) is 4.74 Å². The summed E-state index contributed by atoms with van der Waals surface area (Å²) >= 11 is 0. The van der Waals surface area contributed by atoms with Crippen molar-refractivity contribution in [1.29, 1.82) is 0 Å². The van der Waals surface area contributed by atoms with Gasteiger partial charge in [0, 0.05) is 32.5 Å². The summed E-state index contributed by atoms with van der Waals surface area (Å²) in [5.41, 5.74) is 3.19. The highest BCUT2D eigenvalue weighted by Crippen LogP contribution is 2.19. The third kappa shape index (κ3) is 6.52.